The van der Waals surface area contributed by atoms with Crippen molar-refractivity contribution in [3.63, 3.8) is 0 Å². The predicted molar refractivity (Wildman–Crippen MR) is 79.1 cm³/mol. The van der Waals surface area contributed by atoms with Gasteiger partial charge in [0, 0.05) is 13.2 Å². The molecule has 20 heavy (non-hydrogen) atoms. The molecule has 2 rings (SSSR count). The lowest BCUT2D eigenvalue weighted by molar-refractivity contribution is 0.254. The van der Waals surface area contributed by atoms with E-state index < -0.39 is 10.0 Å². The molecule has 1 aromatic carbocycles. The molecule has 1 aliphatic carbocycles. The minimum absolute atomic E-state index is 0.0963. The van der Waals surface area contributed by atoms with Gasteiger partial charge in [-0.25, -0.2) is 13.1 Å². The van der Waals surface area contributed by atoms with Crippen LogP contribution in [0, 0.1) is 5.92 Å². The third kappa shape index (κ3) is 3.59. The van der Waals surface area contributed by atoms with E-state index in [0.29, 0.717) is 17.9 Å². The van der Waals surface area contributed by atoms with Gasteiger partial charge in [-0.3, -0.25) is 0 Å². The lowest BCUT2D eigenvalue weighted by atomic mass is 10.0. The van der Waals surface area contributed by atoms with Crippen LogP contribution < -0.4 is 4.72 Å². The second-order valence-corrected chi connectivity index (χ2v) is 7.19. The van der Waals surface area contributed by atoms with Gasteiger partial charge in [-0.2, -0.15) is 0 Å². The maximum atomic E-state index is 12.3. The van der Waals surface area contributed by atoms with Crippen LogP contribution in [0.4, 0.5) is 0 Å². The molecule has 0 aromatic heterocycles. The number of aliphatic hydroxyl groups excluding tert-OH is 1. The summed E-state index contributed by atoms with van der Waals surface area (Å²) < 4.78 is 27.2. The number of nitrogens with one attached hydrogen (secondary N) is 1. The van der Waals surface area contributed by atoms with E-state index in [1.54, 1.807) is 12.1 Å². The van der Waals surface area contributed by atoms with Crippen LogP contribution in [-0.4, -0.2) is 26.7 Å². The fourth-order valence-electron chi connectivity index (χ4n) is 2.66. The molecule has 0 heterocycles. The Kier molecular flexibility index (Phi) is 5.18. The van der Waals surface area contributed by atoms with Gasteiger partial charge >= 0.3 is 0 Å². The van der Waals surface area contributed by atoms with Crippen LogP contribution in [0.2, 0.25) is 0 Å². The summed E-state index contributed by atoms with van der Waals surface area (Å²) in [5.74, 6) is 0.184. The number of aliphatic hydroxyl groups is 1. The maximum absolute atomic E-state index is 12.3. The molecule has 0 saturated heterocycles. The fourth-order valence-corrected chi connectivity index (χ4v) is 3.83. The smallest absolute Gasteiger partial charge is 0.240 e. The van der Waals surface area contributed by atoms with Crippen molar-refractivity contribution >= 4 is 10.0 Å². The van der Waals surface area contributed by atoms with E-state index in [4.69, 9.17) is 5.11 Å². The zero-order valence-corrected chi connectivity index (χ0v) is 12.7. The molecule has 0 amide bonds. The number of hydrogen-bond acceptors (Lipinski definition) is 3. The molecule has 0 spiro atoms. The second kappa shape index (κ2) is 6.70. The highest BCUT2D eigenvalue weighted by molar-refractivity contribution is 7.89. The topological polar surface area (TPSA) is 66.4 Å². The highest BCUT2D eigenvalue weighted by atomic mass is 32.2. The van der Waals surface area contributed by atoms with Crippen molar-refractivity contribution < 1.29 is 13.5 Å². The molecule has 1 unspecified atom stereocenters. The third-order valence-electron chi connectivity index (χ3n) is 4.06. The zero-order valence-electron chi connectivity index (χ0n) is 11.9. The Morgan fingerprint density at radius 2 is 2.05 bits per heavy atom. The number of aryl methyl sites for hydroxylation is 2. The van der Waals surface area contributed by atoms with Gasteiger partial charge in [-0.1, -0.05) is 19.4 Å². The van der Waals surface area contributed by atoms with E-state index in [-0.39, 0.29) is 12.5 Å². The van der Waals surface area contributed by atoms with E-state index in [0.717, 1.165) is 31.2 Å². The van der Waals surface area contributed by atoms with Crippen LogP contribution in [0.5, 0.6) is 0 Å². The molecule has 0 radical (unpaired) electrons. The Bertz CT molecular complexity index is 554. The molecule has 1 aliphatic rings. The molecule has 1 atom stereocenters. The molecular weight excluding hydrogens is 274 g/mol. The Labute approximate surface area is 121 Å². The van der Waals surface area contributed by atoms with Gasteiger partial charge in [0.15, 0.2) is 0 Å². The molecule has 2 N–H and O–H groups in total. The summed E-state index contributed by atoms with van der Waals surface area (Å²) in [7, 11) is -3.44. The lowest BCUT2D eigenvalue weighted by Crippen LogP contribution is -2.29. The summed E-state index contributed by atoms with van der Waals surface area (Å²) in [5.41, 5.74) is 2.44. The van der Waals surface area contributed by atoms with Crippen LogP contribution >= 0.6 is 0 Å². The molecule has 0 aliphatic heterocycles. The van der Waals surface area contributed by atoms with Crippen LogP contribution in [0.3, 0.4) is 0 Å². The standard InChI is InChI=1S/C15H23NO3S/c1-2-12(8-9-17)11-16-20(18,19)15-7-6-13-4-3-5-14(13)10-15/h6-7,10,12,16-17H,2-5,8-9,11H2,1H3. The van der Waals surface area contributed by atoms with Crippen LogP contribution in [0.15, 0.2) is 23.1 Å². The molecule has 1 aromatic rings. The van der Waals surface area contributed by atoms with Crippen LogP contribution in [0.25, 0.3) is 0 Å². The Hall–Kier alpha value is -0.910. The van der Waals surface area contributed by atoms with E-state index in [9.17, 15) is 8.42 Å². The largest absolute Gasteiger partial charge is 0.396 e. The van der Waals surface area contributed by atoms with Crippen molar-refractivity contribution in [3.8, 4) is 0 Å². The first-order valence-electron chi connectivity index (χ1n) is 7.29. The van der Waals surface area contributed by atoms with E-state index in [1.165, 1.54) is 5.56 Å². The average Bonchev–Trinajstić information content (AvgIpc) is 2.90. The van der Waals surface area contributed by atoms with Crippen LogP contribution in [0.1, 0.15) is 37.3 Å². The first-order valence-corrected chi connectivity index (χ1v) is 8.77. The minimum atomic E-state index is -3.44. The molecule has 0 saturated carbocycles. The first-order chi connectivity index (χ1) is 9.56. The summed E-state index contributed by atoms with van der Waals surface area (Å²) in [6.07, 6.45) is 4.62. The number of sulfonamides is 1. The molecule has 5 heteroatoms. The number of fused-ring (bicyclic) bond motifs is 1. The normalized spacial score (nSPS) is 16.1. The van der Waals surface area contributed by atoms with Crippen molar-refractivity contribution in [2.45, 2.75) is 43.9 Å². The van der Waals surface area contributed by atoms with Gasteiger partial charge in [0.1, 0.15) is 0 Å². The monoisotopic (exact) mass is 297 g/mol. The minimum Gasteiger partial charge on any atom is -0.396 e. The Balaban J connectivity index is 2.06. The highest BCUT2D eigenvalue weighted by Crippen LogP contribution is 2.24. The molecular formula is C15H23NO3S. The van der Waals surface area contributed by atoms with E-state index >= 15 is 0 Å². The summed E-state index contributed by atoms with van der Waals surface area (Å²) in [5, 5.41) is 8.94. The zero-order chi connectivity index (χ0) is 14.6. The summed E-state index contributed by atoms with van der Waals surface area (Å²) in [4.78, 5) is 0.358. The van der Waals surface area contributed by atoms with Gasteiger partial charge in [-0.05, 0) is 54.9 Å². The van der Waals surface area contributed by atoms with E-state index in [2.05, 4.69) is 4.72 Å². The average molecular weight is 297 g/mol. The van der Waals surface area contributed by atoms with Gasteiger partial charge in [-0.15, -0.1) is 0 Å². The van der Waals surface area contributed by atoms with Crippen molar-refractivity contribution in [1.29, 1.82) is 0 Å². The van der Waals surface area contributed by atoms with Gasteiger partial charge in [0.2, 0.25) is 10.0 Å². The van der Waals surface area contributed by atoms with Crippen molar-refractivity contribution in [3.05, 3.63) is 29.3 Å². The van der Waals surface area contributed by atoms with E-state index in [1.807, 2.05) is 13.0 Å². The quantitative estimate of drug-likeness (QED) is 0.807. The maximum Gasteiger partial charge on any atom is 0.240 e. The Morgan fingerprint density at radius 3 is 2.75 bits per heavy atom. The highest BCUT2D eigenvalue weighted by Gasteiger charge is 2.19. The van der Waals surface area contributed by atoms with Crippen molar-refractivity contribution in [2.24, 2.45) is 5.92 Å². The van der Waals surface area contributed by atoms with Crippen molar-refractivity contribution in [1.82, 2.24) is 4.72 Å². The van der Waals surface area contributed by atoms with Gasteiger partial charge in [0.25, 0.3) is 0 Å². The van der Waals surface area contributed by atoms with Crippen LogP contribution in [-0.2, 0) is 22.9 Å². The fraction of sp³-hybridized carbons (Fsp3) is 0.600. The molecule has 112 valence electrons. The number of hydrogen-bond donors (Lipinski definition) is 2. The second-order valence-electron chi connectivity index (χ2n) is 5.42. The van der Waals surface area contributed by atoms with Gasteiger partial charge < -0.3 is 5.11 Å². The first kappa shape index (κ1) is 15.5. The lowest BCUT2D eigenvalue weighted by Gasteiger charge is -2.15. The Morgan fingerprint density at radius 1 is 1.30 bits per heavy atom. The van der Waals surface area contributed by atoms with Gasteiger partial charge in [0.05, 0.1) is 4.90 Å². The molecule has 0 fully saturated rings. The van der Waals surface area contributed by atoms with Crippen molar-refractivity contribution in [2.75, 3.05) is 13.2 Å². The number of benzene rings is 1. The third-order valence-corrected chi connectivity index (χ3v) is 5.48. The number of rotatable bonds is 7. The predicted octanol–water partition coefficient (Wildman–Crippen LogP) is 1.86. The SMILES string of the molecule is CCC(CCO)CNS(=O)(=O)c1ccc2c(c1)CCC2. The molecule has 0 bridgehead atoms. The summed E-state index contributed by atoms with van der Waals surface area (Å²) in [6.45, 7) is 2.49. The summed E-state index contributed by atoms with van der Waals surface area (Å²) in [6, 6.07) is 5.43. The summed E-state index contributed by atoms with van der Waals surface area (Å²) >= 11 is 0. The molecule has 4 nitrogen and oxygen atoms in total.